The first-order chi connectivity index (χ1) is 15.9. The molecule has 0 saturated carbocycles. The molecule has 33 heavy (non-hydrogen) atoms. The number of alkyl halides is 3. The van der Waals surface area contributed by atoms with Gasteiger partial charge in [-0.25, -0.2) is 4.98 Å². The van der Waals surface area contributed by atoms with E-state index in [1.165, 1.54) is 6.07 Å². The van der Waals surface area contributed by atoms with E-state index < -0.39 is 11.7 Å². The van der Waals surface area contributed by atoms with Gasteiger partial charge in [-0.1, -0.05) is 41.6 Å². The predicted molar refractivity (Wildman–Crippen MR) is 119 cm³/mol. The summed E-state index contributed by atoms with van der Waals surface area (Å²) in [5.41, 5.74) is 1.91. The highest BCUT2D eigenvalue weighted by atomic mass is 19.4. The lowest BCUT2D eigenvalue weighted by atomic mass is 10.1. The van der Waals surface area contributed by atoms with Gasteiger partial charge >= 0.3 is 6.18 Å². The van der Waals surface area contributed by atoms with Gasteiger partial charge in [0.05, 0.1) is 18.2 Å². The van der Waals surface area contributed by atoms with Crippen molar-refractivity contribution >= 4 is 22.4 Å². The number of hydrogen-bond acceptors (Lipinski definition) is 5. The average molecular weight is 449 g/mol. The van der Waals surface area contributed by atoms with E-state index in [0.717, 1.165) is 34.3 Å². The van der Waals surface area contributed by atoms with Crippen LogP contribution in [0.15, 0.2) is 72.8 Å². The molecule has 5 aromatic rings. The smallest absolute Gasteiger partial charge is 0.416 e. The fourth-order valence-electron chi connectivity index (χ4n) is 3.70. The summed E-state index contributed by atoms with van der Waals surface area (Å²) in [6.07, 6.45) is -4.46. The van der Waals surface area contributed by atoms with Gasteiger partial charge in [0.15, 0.2) is 5.65 Å². The first-order valence-electron chi connectivity index (χ1n) is 10.1. The number of ether oxygens (including phenoxy) is 1. The van der Waals surface area contributed by atoms with Crippen LogP contribution in [0.25, 0.3) is 27.8 Å². The Hall–Kier alpha value is -4.14. The molecule has 6 nitrogen and oxygen atoms in total. The summed E-state index contributed by atoms with van der Waals surface area (Å²) in [7, 11) is 1.61. The van der Waals surface area contributed by atoms with Crippen LogP contribution >= 0.6 is 0 Å². The van der Waals surface area contributed by atoms with Crippen LogP contribution in [0.3, 0.4) is 0 Å². The molecule has 166 valence electrons. The van der Waals surface area contributed by atoms with Crippen molar-refractivity contribution in [2.75, 3.05) is 12.4 Å². The van der Waals surface area contributed by atoms with E-state index in [1.54, 1.807) is 17.7 Å². The maximum Gasteiger partial charge on any atom is 0.416 e. The maximum absolute atomic E-state index is 13.2. The Labute approximate surface area is 186 Å². The van der Waals surface area contributed by atoms with Crippen LogP contribution in [0.1, 0.15) is 11.1 Å². The molecule has 9 heteroatoms. The van der Waals surface area contributed by atoms with Gasteiger partial charge in [0.2, 0.25) is 0 Å². The quantitative estimate of drug-likeness (QED) is 0.379. The van der Waals surface area contributed by atoms with E-state index in [0.29, 0.717) is 23.6 Å². The van der Waals surface area contributed by atoms with Gasteiger partial charge in [0.1, 0.15) is 17.3 Å². The minimum atomic E-state index is -4.46. The summed E-state index contributed by atoms with van der Waals surface area (Å²) in [6, 6.07) is 20.2. The van der Waals surface area contributed by atoms with Crippen molar-refractivity contribution in [3.63, 3.8) is 0 Å². The van der Waals surface area contributed by atoms with Crippen LogP contribution in [0, 0.1) is 0 Å². The molecule has 0 aliphatic carbocycles. The van der Waals surface area contributed by atoms with Crippen LogP contribution in [0.4, 0.5) is 19.0 Å². The maximum atomic E-state index is 13.2. The molecule has 3 aromatic carbocycles. The Morgan fingerprint density at radius 3 is 2.61 bits per heavy atom. The standard InChI is InChI=1S/C24H18F3N5O/c1-33-18-9-4-6-15(12-18)14-28-22-19-10-2-3-11-20(19)32-23(29-22)21(30-31-32)16-7-5-8-17(13-16)24(25,26)27/h2-13H,14H2,1H3,(H,28,29). The number of aromatic nitrogens is 4. The number of rotatable bonds is 5. The highest BCUT2D eigenvalue weighted by Crippen LogP contribution is 2.33. The fraction of sp³-hybridized carbons (Fsp3) is 0.125. The zero-order valence-corrected chi connectivity index (χ0v) is 17.5. The molecule has 0 amide bonds. The lowest BCUT2D eigenvalue weighted by molar-refractivity contribution is -0.137. The van der Waals surface area contributed by atoms with Crippen molar-refractivity contribution in [2.24, 2.45) is 0 Å². The second kappa shape index (κ2) is 8.09. The number of hydrogen-bond donors (Lipinski definition) is 1. The van der Waals surface area contributed by atoms with Gasteiger partial charge in [-0.05, 0) is 42.0 Å². The molecule has 0 fully saturated rings. The molecule has 0 aliphatic heterocycles. The van der Waals surface area contributed by atoms with E-state index in [9.17, 15) is 13.2 Å². The van der Waals surface area contributed by atoms with Gasteiger partial charge in [-0.2, -0.15) is 17.7 Å². The highest BCUT2D eigenvalue weighted by Gasteiger charge is 2.31. The normalized spacial score (nSPS) is 11.8. The second-order valence-corrected chi connectivity index (χ2v) is 7.43. The zero-order valence-electron chi connectivity index (χ0n) is 17.5. The van der Waals surface area contributed by atoms with Crippen LogP contribution in [0.2, 0.25) is 0 Å². The molecule has 5 rings (SSSR count). The van der Waals surface area contributed by atoms with E-state index in [2.05, 4.69) is 15.6 Å². The Bertz CT molecular complexity index is 1460. The number of halogens is 3. The highest BCUT2D eigenvalue weighted by molar-refractivity contribution is 5.93. The zero-order chi connectivity index (χ0) is 23.0. The Kier molecular flexibility index (Phi) is 5.08. The number of methoxy groups -OCH3 is 1. The molecule has 2 aromatic heterocycles. The minimum Gasteiger partial charge on any atom is -0.497 e. The lowest BCUT2D eigenvalue weighted by Crippen LogP contribution is -2.05. The van der Waals surface area contributed by atoms with Crippen molar-refractivity contribution in [3.05, 3.63) is 83.9 Å². The van der Waals surface area contributed by atoms with Crippen molar-refractivity contribution in [1.29, 1.82) is 0 Å². The Morgan fingerprint density at radius 1 is 0.970 bits per heavy atom. The summed E-state index contributed by atoms with van der Waals surface area (Å²) >= 11 is 0. The number of para-hydroxylation sites is 1. The van der Waals surface area contributed by atoms with Gasteiger partial charge in [0, 0.05) is 17.5 Å². The molecule has 0 spiro atoms. The lowest BCUT2D eigenvalue weighted by Gasteiger charge is -2.11. The number of anilines is 1. The molecule has 0 radical (unpaired) electrons. The van der Waals surface area contributed by atoms with Gasteiger partial charge < -0.3 is 10.1 Å². The monoisotopic (exact) mass is 449 g/mol. The van der Waals surface area contributed by atoms with Crippen molar-refractivity contribution in [1.82, 2.24) is 19.8 Å². The third-order valence-corrected chi connectivity index (χ3v) is 5.31. The topological polar surface area (TPSA) is 64.3 Å². The fourth-order valence-corrected chi connectivity index (χ4v) is 3.70. The van der Waals surface area contributed by atoms with Crippen LogP contribution in [0.5, 0.6) is 5.75 Å². The molecular weight excluding hydrogens is 431 g/mol. The Balaban J connectivity index is 1.61. The van der Waals surface area contributed by atoms with Crippen molar-refractivity contribution in [3.8, 4) is 17.0 Å². The number of benzene rings is 3. The molecule has 0 unspecified atom stereocenters. The van der Waals surface area contributed by atoms with Gasteiger partial charge in [-0.3, -0.25) is 0 Å². The van der Waals surface area contributed by atoms with E-state index in [4.69, 9.17) is 9.72 Å². The van der Waals surface area contributed by atoms with Crippen LogP contribution < -0.4 is 10.1 Å². The molecule has 1 N–H and O–H groups in total. The number of nitrogens with zero attached hydrogens (tertiary/aromatic N) is 4. The third-order valence-electron chi connectivity index (χ3n) is 5.31. The number of fused-ring (bicyclic) bond motifs is 3. The van der Waals surface area contributed by atoms with E-state index in [-0.39, 0.29) is 5.69 Å². The van der Waals surface area contributed by atoms with Crippen LogP contribution in [-0.2, 0) is 12.7 Å². The molecular formula is C24H18F3N5O. The summed E-state index contributed by atoms with van der Waals surface area (Å²) in [5.74, 6) is 1.32. The first-order valence-corrected chi connectivity index (χ1v) is 10.1. The minimum absolute atomic E-state index is 0.274. The predicted octanol–water partition coefficient (Wildman–Crippen LogP) is 5.58. The second-order valence-electron chi connectivity index (χ2n) is 7.43. The molecule has 0 aliphatic rings. The summed E-state index contributed by atoms with van der Waals surface area (Å²) in [5, 5.41) is 12.5. The Morgan fingerprint density at radius 2 is 1.79 bits per heavy atom. The van der Waals surface area contributed by atoms with E-state index in [1.807, 2.05) is 48.5 Å². The van der Waals surface area contributed by atoms with Crippen molar-refractivity contribution < 1.29 is 17.9 Å². The largest absolute Gasteiger partial charge is 0.497 e. The van der Waals surface area contributed by atoms with Gasteiger partial charge in [-0.15, -0.1) is 5.10 Å². The summed E-state index contributed by atoms with van der Waals surface area (Å²) in [4.78, 5) is 4.70. The molecule has 0 atom stereocenters. The molecule has 2 heterocycles. The first kappa shape index (κ1) is 20.7. The van der Waals surface area contributed by atoms with E-state index >= 15 is 0 Å². The average Bonchev–Trinajstić information content (AvgIpc) is 3.26. The van der Waals surface area contributed by atoms with Crippen LogP contribution in [-0.4, -0.2) is 26.9 Å². The van der Waals surface area contributed by atoms with Crippen molar-refractivity contribution in [2.45, 2.75) is 12.7 Å². The summed E-state index contributed by atoms with van der Waals surface area (Å²) < 4.78 is 46.5. The number of nitrogens with one attached hydrogen (secondary N) is 1. The third kappa shape index (κ3) is 3.93. The van der Waals surface area contributed by atoms with Gasteiger partial charge in [0.25, 0.3) is 0 Å². The SMILES string of the molecule is COc1cccc(CNc2nc3c(-c4cccc(C(F)(F)F)c4)nnn3c3ccccc23)c1. The summed E-state index contributed by atoms with van der Waals surface area (Å²) in [6.45, 7) is 0.477. The molecule has 0 bridgehead atoms. The molecule has 0 saturated heterocycles.